The van der Waals surface area contributed by atoms with Gasteiger partial charge in [-0.15, -0.1) is 5.10 Å². The number of nitriles is 1. The van der Waals surface area contributed by atoms with Crippen LogP contribution in [0.4, 0.5) is 5.95 Å². The van der Waals surface area contributed by atoms with Crippen LogP contribution in [0.2, 0.25) is 0 Å². The van der Waals surface area contributed by atoms with E-state index in [0.717, 1.165) is 5.56 Å². The van der Waals surface area contributed by atoms with E-state index in [1.54, 1.807) is 22.9 Å². The van der Waals surface area contributed by atoms with Crippen molar-refractivity contribution in [3.8, 4) is 6.07 Å². The number of hydrogen-bond donors (Lipinski definition) is 1. The number of benzene rings is 2. The Morgan fingerprint density at radius 3 is 2.79 bits per heavy atom. The molecule has 1 aliphatic heterocycles. The molecule has 3 heterocycles. The highest BCUT2D eigenvalue weighted by atomic mass is 16.7. The highest BCUT2D eigenvalue weighted by Gasteiger charge is 2.28. The molecule has 0 aliphatic carbocycles. The lowest BCUT2D eigenvalue weighted by atomic mass is 9.96. The van der Waals surface area contributed by atoms with Crippen molar-refractivity contribution in [3.63, 3.8) is 0 Å². The van der Waals surface area contributed by atoms with Crippen molar-refractivity contribution in [2.75, 3.05) is 12.5 Å². The van der Waals surface area contributed by atoms with E-state index in [1.165, 1.54) is 0 Å². The summed E-state index contributed by atoms with van der Waals surface area (Å²) in [6.45, 7) is 0.169. The van der Waals surface area contributed by atoms with Crippen LogP contribution in [0.5, 0.6) is 0 Å². The third-order valence-electron chi connectivity index (χ3n) is 4.87. The molecule has 0 saturated carbocycles. The lowest BCUT2D eigenvalue weighted by Crippen LogP contribution is -2.15. The summed E-state index contributed by atoms with van der Waals surface area (Å²) in [6.07, 6.45) is 2.25. The van der Waals surface area contributed by atoms with Crippen LogP contribution in [-0.4, -0.2) is 26.4 Å². The van der Waals surface area contributed by atoms with Crippen molar-refractivity contribution in [2.45, 2.75) is 12.3 Å². The second kappa shape index (κ2) is 6.80. The minimum atomic E-state index is -0.247. The van der Waals surface area contributed by atoms with Crippen LogP contribution in [0.25, 0.3) is 16.6 Å². The van der Waals surface area contributed by atoms with Gasteiger partial charge in [0.05, 0.1) is 23.1 Å². The SMILES string of the molecule is N#Cc1ccc2nc(C(Cc3ccccc3)C3=COCO3)n3nc(N)nc3c2c1. The zero-order valence-corrected chi connectivity index (χ0v) is 15.3. The van der Waals surface area contributed by atoms with Crippen LogP contribution in [-0.2, 0) is 15.9 Å². The predicted molar refractivity (Wildman–Crippen MR) is 105 cm³/mol. The number of aromatic nitrogens is 4. The standard InChI is InChI=1S/C21H16N6O2/c22-10-14-6-7-17-15(9-14)19-25-21(23)26-27(19)20(24-17)16(18-11-28-12-29-18)8-13-4-2-1-3-5-13/h1-7,9,11,16H,8,12H2,(H2,23,26). The molecule has 1 aliphatic rings. The summed E-state index contributed by atoms with van der Waals surface area (Å²) < 4.78 is 12.7. The first-order valence-corrected chi connectivity index (χ1v) is 9.07. The Morgan fingerprint density at radius 1 is 1.17 bits per heavy atom. The Bertz CT molecular complexity index is 1290. The van der Waals surface area contributed by atoms with Gasteiger partial charge in [0.25, 0.3) is 0 Å². The van der Waals surface area contributed by atoms with Crippen molar-refractivity contribution in [1.82, 2.24) is 19.6 Å². The Kier molecular flexibility index (Phi) is 3.99. The smallest absolute Gasteiger partial charge is 0.240 e. The van der Waals surface area contributed by atoms with E-state index in [9.17, 15) is 5.26 Å². The van der Waals surface area contributed by atoms with Crippen LogP contribution in [0, 0.1) is 11.3 Å². The Morgan fingerprint density at radius 2 is 2.03 bits per heavy atom. The van der Waals surface area contributed by atoms with Gasteiger partial charge in [0.15, 0.2) is 5.65 Å². The molecule has 0 saturated heterocycles. The fourth-order valence-corrected chi connectivity index (χ4v) is 3.54. The second-order valence-electron chi connectivity index (χ2n) is 6.71. The summed E-state index contributed by atoms with van der Waals surface area (Å²) in [6, 6.07) is 17.5. The van der Waals surface area contributed by atoms with E-state index in [4.69, 9.17) is 20.2 Å². The molecular weight excluding hydrogens is 368 g/mol. The van der Waals surface area contributed by atoms with Gasteiger partial charge in [-0.3, -0.25) is 0 Å². The summed E-state index contributed by atoms with van der Waals surface area (Å²) in [4.78, 5) is 9.23. The van der Waals surface area contributed by atoms with Crippen molar-refractivity contribution in [1.29, 1.82) is 5.26 Å². The largest absolute Gasteiger partial charge is 0.462 e. The first-order valence-electron chi connectivity index (χ1n) is 9.07. The molecule has 0 radical (unpaired) electrons. The Hall–Kier alpha value is -4.12. The molecule has 0 bridgehead atoms. The number of nitrogen functional groups attached to an aromatic ring is 1. The number of rotatable bonds is 4. The monoisotopic (exact) mass is 384 g/mol. The van der Waals surface area contributed by atoms with Gasteiger partial charge in [0, 0.05) is 5.39 Å². The maximum atomic E-state index is 9.25. The average molecular weight is 384 g/mol. The zero-order chi connectivity index (χ0) is 19.8. The van der Waals surface area contributed by atoms with Crippen LogP contribution in [0.3, 0.4) is 0 Å². The van der Waals surface area contributed by atoms with E-state index in [1.807, 2.05) is 24.3 Å². The molecule has 8 nitrogen and oxygen atoms in total. The molecule has 2 aromatic heterocycles. The van der Waals surface area contributed by atoms with Gasteiger partial charge in [0.2, 0.25) is 12.7 Å². The molecule has 0 amide bonds. The summed E-state index contributed by atoms with van der Waals surface area (Å²) in [5.41, 5.74) is 8.82. The Balaban J connectivity index is 1.74. The van der Waals surface area contributed by atoms with Crippen molar-refractivity contribution < 1.29 is 9.47 Å². The molecular formula is C21H16N6O2. The van der Waals surface area contributed by atoms with E-state index >= 15 is 0 Å². The lowest BCUT2D eigenvalue weighted by Gasteiger charge is -2.18. The maximum Gasteiger partial charge on any atom is 0.240 e. The van der Waals surface area contributed by atoms with Crippen LogP contribution in [0.1, 0.15) is 22.9 Å². The highest BCUT2D eigenvalue weighted by molar-refractivity contribution is 5.92. The molecule has 29 heavy (non-hydrogen) atoms. The van der Waals surface area contributed by atoms with Crippen molar-refractivity contribution >= 4 is 22.5 Å². The van der Waals surface area contributed by atoms with Crippen LogP contribution < -0.4 is 5.73 Å². The molecule has 1 unspecified atom stereocenters. The van der Waals surface area contributed by atoms with E-state index < -0.39 is 0 Å². The molecule has 4 aromatic rings. The molecule has 0 fully saturated rings. The fraction of sp³-hybridized carbons (Fsp3) is 0.143. The molecule has 142 valence electrons. The average Bonchev–Trinajstić information content (AvgIpc) is 3.41. The van der Waals surface area contributed by atoms with Gasteiger partial charge < -0.3 is 15.2 Å². The molecule has 5 rings (SSSR count). The quantitative estimate of drug-likeness (QED) is 0.576. The van der Waals surface area contributed by atoms with Gasteiger partial charge in [-0.2, -0.15) is 14.8 Å². The number of allylic oxidation sites excluding steroid dienone is 1. The number of nitrogens with zero attached hydrogens (tertiary/aromatic N) is 5. The third kappa shape index (κ3) is 2.99. The van der Waals surface area contributed by atoms with Gasteiger partial charge in [-0.05, 0) is 30.2 Å². The minimum absolute atomic E-state index is 0.138. The maximum absolute atomic E-state index is 9.25. The third-order valence-corrected chi connectivity index (χ3v) is 4.87. The molecule has 0 spiro atoms. The number of anilines is 1. The lowest BCUT2D eigenvalue weighted by molar-refractivity contribution is 0.0747. The summed E-state index contributed by atoms with van der Waals surface area (Å²) in [5.74, 6) is 1.20. The number of hydrogen-bond acceptors (Lipinski definition) is 7. The minimum Gasteiger partial charge on any atom is -0.462 e. The van der Waals surface area contributed by atoms with E-state index in [-0.39, 0.29) is 18.7 Å². The summed E-state index contributed by atoms with van der Waals surface area (Å²) in [7, 11) is 0. The molecule has 8 heteroatoms. The molecule has 2 aromatic carbocycles. The van der Waals surface area contributed by atoms with Crippen LogP contribution in [0.15, 0.2) is 60.6 Å². The van der Waals surface area contributed by atoms with Gasteiger partial charge in [-0.25, -0.2) is 4.98 Å². The van der Waals surface area contributed by atoms with Gasteiger partial charge in [-0.1, -0.05) is 30.3 Å². The van der Waals surface area contributed by atoms with Crippen LogP contribution >= 0.6 is 0 Å². The molecule has 1 atom stereocenters. The van der Waals surface area contributed by atoms with Gasteiger partial charge >= 0.3 is 0 Å². The zero-order valence-electron chi connectivity index (χ0n) is 15.3. The molecule has 2 N–H and O–H groups in total. The van der Waals surface area contributed by atoms with Crippen molar-refractivity contribution in [2.24, 2.45) is 0 Å². The predicted octanol–water partition coefficient (Wildman–Crippen LogP) is 2.90. The Labute approximate surface area is 165 Å². The number of ether oxygens (including phenoxy) is 2. The first-order chi connectivity index (χ1) is 14.2. The highest BCUT2D eigenvalue weighted by Crippen LogP contribution is 2.32. The first kappa shape index (κ1) is 17.0. The second-order valence-corrected chi connectivity index (χ2v) is 6.71. The van der Waals surface area contributed by atoms with E-state index in [2.05, 4.69) is 28.3 Å². The summed E-state index contributed by atoms with van der Waals surface area (Å²) in [5, 5.41) is 14.3. The normalized spacial score (nSPS) is 14.2. The topological polar surface area (TPSA) is 111 Å². The van der Waals surface area contributed by atoms with Gasteiger partial charge in [0.1, 0.15) is 17.8 Å². The summed E-state index contributed by atoms with van der Waals surface area (Å²) >= 11 is 0. The van der Waals surface area contributed by atoms with E-state index in [0.29, 0.717) is 40.1 Å². The van der Waals surface area contributed by atoms with Crippen molar-refractivity contribution in [3.05, 3.63) is 77.5 Å². The number of nitrogens with two attached hydrogens (primary N) is 1. The fourth-order valence-electron chi connectivity index (χ4n) is 3.54. The number of fused-ring (bicyclic) bond motifs is 3.